The van der Waals surface area contributed by atoms with Crippen molar-refractivity contribution in [1.29, 1.82) is 0 Å². The van der Waals surface area contributed by atoms with E-state index in [9.17, 15) is 0 Å². The number of nitrogens with zero attached hydrogens (tertiary/aromatic N) is 3. The summed E-state index contributed by atoms with van der Waals surface area (Å²) in [6, 6.07) is 5.90. The Balaban J connectivity index is 2.22. The van der Waals surface area contributed by atoms with Gasteiger partial charge >= 0.3 is 0 Å². The molecule has 4 nitrogen and oxygen atoms in total. The topological polar surface area (TPSA) is 42.2 Å². The van der Waals surface area contributed by atoms with Crippen LogP contribution in [0.2, 0.25) is 0 Å². The highest BCUT2D eigenvalue weighted by Gasteiger charge is 2.11. The first-order valence-corrected chi connectivity index (χ1v) is 5.10. The zero-order chi connectivity index (χ0) is 10.9. The van der Waals surface area contributed by atoms with Crippen molar-refractivity contribution in [2.24, 2.45) is 0 Å². The molecule has 80 valence electrons. The van der Waals surface area contributed by atoms with Crippen molar-refractivity contribution in [3.63, 3.8) is 0 Å². The van der Waals surface area contributed by atoms with Crippen LogP contribution >= 0.6 is 0 Å². The molecular weight excluding hydrogens is 188 g/mol. The van der Waals surface area contributed by atoms with Crippen LogP contribution in [0.5, 0.6) is 0 Å². The van der Waals surface area contributed by atoms with Crippen molar-refractivity contribution in [3.05, 3.63) is 30.2 Å². The van der Waals surface area contributed by atoms with E-state index >= 15 is 0 Å². The summed E-state index contributed by atoms with van der Waals surface area (Å²) < 4.78 is 2.00. The minimum atomic E-state index is 0.0978. The molecule has 0 atom stereocenters. The van der Waals surface area contributed by atoms with Gasteiger partial charge in [0, 0.05) is 11.7 Å². The highest BCUT2D eigenvalue weighted by molar-refractivity contribution is 5.36. The van der Waals surface area contributed by atoms with Crippen LogP contribution in [0, 0.1) is 0 Å². The number of hydrogen-bond donors (Lipinski definition) is 1. The van der Waals surface area contributed by atoms with Crippen molar-refractivity contribution in [2.75, 3.05) is 0 Å². The second-order valence-electron chi connectivity index (χ2n) is 4.65. The number of fused-ring (bicyclic) bond motifs is 1. The third-order valence-corrected chi connectivity index (χ3v) is 2.16. The fraction of sp³-hybridized carbons (Fsp3) is 0.455. The van der Waals surface area contributed by atoms with Gasteiger partial charge in [0.05, 0.1) is 6.54 Å². The average molecular weight is 204 g/mol. The van der Waals surface area contributed by atoms with E-state index in [1.165, 1.54) is 0 Å². The number of nitrogens with one attached hydrogen (secondary N) is 1. The van der Waals surface area contributed by atoms with Crippen LogP contribution in [0.4, 0.5) is 0 Å². The van der Waals surface area contributed by atoms with Gasteiger partial charge in [-0.25, -0.2) is 0 Å². The molecule has 0 aliphatic heterocycles. The predicted molar refractivity (Wildman–Crippen MR) is 59.6 cm³/mol. The SMILES string of the molecule is CC(C)(C)NCc1nnc2ccccn12. The zero-order valence-corrected chi connectivity index (χ0v) is 9.36. The van der Waals surface area contributed by atoms with E-state index in [-0.39, 0.29) is 5.54 Å². The molecule has 0 radical (unpaired) electrons. The molecule has 0 aliphatic carbocycles. The molecule has 0 aliphatic rings. The Morgan fingerprint density at radius 1 is 1.27 bits per heavy atom. The Labute approximate surface area is 89.3 Å². The van der Waals surface area contributed by atoms with Crippen molar-refractivity contribution in [1.82, 2.24) is 19.9 Å². The van der Waals surface area contributed by atoms with E-state index in [0.29, 0.717) is 0 Å². The van der Waals surface area contributed by atoms with Crippen LogP contribution in [0.15, 0.2) is 24.4 Å². The lowest BCUT2D eigenvalue weighted by atomic mass is 10.1. The van der Waals surface area contributed by atoms with Crippen molar-refractivity contribution < 1.29 is 0 Å². The van der Waals surface area contributed by atoms with E-state index in [2.05, 4.69) is 36.3 Å². The standard InChI is InChI=1S/C11H16N4/c1-11(2,3)12-8-10-14-13-9-6-4-5-7-15(9)10/h4-7,12H,8H2,1-3H3. The van der Waals surface area contributed by atoms with E-state index in [0.717, 1.165) is 18.0 Å². The smallest absolute Gasteiger partial charge is 0.160 e. The third kappa shape index (κ3) is 2.33. The van der Waals surface area contributed by atoms with Crippen molar-refractivity contribution >= 4 is 5.65 Å². The Morgan fingerprint density at radius 2 is 2.07 bits per heavy atom. The monoisotopic (exact) mass is 204 g/mol. The fourth-order valence-electron chi connectivity index (χ4n) is 1.36. The Morgan fingerprint density at radius 3 is 2.80 bits per heavy atom. The summed E-state index contributed by atoms with van der Waals surface area (Å²) in [6.45, 7) is 7.14. The second-order valence-corrected chi connectivity index (χ2v) is 4.65. The normalized spacial score (nSPS) is 12.2. The zero-order valence-electron chi connectivity index (χ0n) is 9.36. The molecule has 0 unspecified atom stereocenters. The summed E-state index contributed by atoms with van der Waals surface area (Å²) in [5.41, 5.74) is 0.990. The summed E-state index contributed by atoms with van der Waals surface area (Å²) >= 11 is 0. The molecule has 2 rings (SSSR count). The average Bonchev–Trinajstić information content (AvgIpc) is 2.57. The van der Waals surface area contributed by atoms with Crippen LogP contribution < -0.4 is 5.32 Å². The summed E-state index contributed by atoms with van der Waals surface area (Å²) in [6.07, 6.45) is 1.98. The highest BCUT2D eigenvalue weighted by atomic mass is 15.3. The quantitative estimate of drug-likeness (QED) is 0.808. The minimum absolute atomic E-state index is 0.0978. The van der Waals surface area contributed by atoms with Crippen molar-refractivity contribution in [2.45, 2.75) is 32.9 Å². The summed E-state index contributed by atoms with van der Waals surface area (Å²) in [7, 11) is 0. The van der Waals surface area contributed by atoms with E-state index < -0.39 is 0 Å². The van der Waals surface area contributed by atoms with Crippen LogP contribution in [0.1, 0.15) is 26.6 Å². The Bertz CT molecular complexity index is 453. The van der Waals surface area contributed by atoms with Gasteiger partial charge in [-0.3, -0.25) is 4.40 Å². The number of aromatic nitrogens is 3. The lowest BCUT2D eigenvalue weighted by molar-refractivity contribution is 0.416. The molecule has 0 spiro atoms. The maximum absolute atomic E-state index is 4.15. The molecule has 15 heavy (non-hydrogen) atoms. The molecule has 2 aromatic rings. The molecule has 0 saturated heterocycles. The first-order valence-electron chi connectivity index (χ1n) is 5.10. The molecule has 0 bridgehead atoms. The second kappa shape index (κ2) is 3.62. The van der Waals surface area contributed by atoms with Crippen LogP contribution in [-0.4, -0.2) is 20.1 Å². The van der Waals surface area contributed by atoms with Crippen LogP contribution in [0.25, 0.3) is 5.65 Å². The van der Waals surface area contributed by atoms with Gasteiger partial charge in [-0.05, 0) is 32.9 Å². The molecule has 2 heterocycles. The summed E-state index contributed by atoms with van der Waals surface area (Å²) in [4.78, 5) is 0. The fourth-order valence-corrected chi connectivity index (χ4v) is 1.36. The number of hydrogen-bond acceptors (Lipinski definition) is 3. The highest BCUT2D eigenvalue weighted by Crippen LogP contribution is 2.05. The predicted octanol–water partition coefficient (Wildman–Crippen LogP) is 1.62. The lowest BCUT2D eigenvalue weighted by Gasteiger charge is -2.19. The van der Waals surface area contributed by atoms with Gasteiger partial charge in [-0.2, -0.15) is 0 Å². The van der Waals surface area contributed by atoms with E-state index in [1.54, 1.807) is 0 Å². The summed E-state index contributed by atoms with van der Waals surface area (Å²) in [5, 5.41) is 11.6. The molecule has 1 N–H and O–H groups in total. The van der Waals surface area contributed by atoms with Gasteiger partial charge in [0.25, 0.3) is 0 Å². The largest absolute Gasteiger partial charge is 0.305 e. The molecule has 0 aromatic carbocycles. The Hall–Kier alpha value is -1.42. The van der Waals surface area contributed by atoms with Crippen molar-refractivity contribution in [3.8, 4) is 0 Å². The minimum Gasteiger partial charge on any atom is -0.305 e. The van der Waals surface area contributed by atoms with E-state index in [4.69, 9.17) is 0 Å². The van der Waals surface area contributed by atoms with Gasteiger partial charge in [0.15, 0.2) is 11.5 Å². The molecule has 0 amide bonds. The number of pyridine rings is 1. The maximum atomic E-state index is 4.15. The van der Waals surface area contributed by atoms with Gasteiger partial charge in [0.1, 0.15) is 0 Å². The molecule has 0 fully saturated rings. The van der Waals surface area contributed by atoms with Gasteiger partial charge in [0.2, 0.25) is 0 Å². The Kier molecular flexibility index (Phi) is 2.44. The van der Waals surface area contributed by atoms with Crippen LogP contribution in [0.3, 0.4) is 0 Å². The van der Waals surface area contributed by atoms with Crippen LogP contribution in [-0.2, 0) is 6.54 Å². The maximum Gasteiger partial charge on any atom is 0.160 e. The molecular formula is C11H16N4. The molecule has 0 saturated carbocycles. The number of rotatable bonds is 2. The third-order valence-electron chi connectivity index (χ3n) is 2.16. The van der Waals surface area contributed by atoms with Gasteiger partial charge in [-0.1, -0.05) is 6.07 Å². The molecule has 4 heteroatoms. The first-order chi connectivity index (χ1) is 7.06. The van der Waals surface area contributed by atoms with E-state index in [1.807, 2.05) is 28.8 Å². The van der Waals surface area contributed by atoms with Gasteiger partial charge in [-0.15, -0.1) is 10.2 Å². The summed E-state index contributed by atoms with van der Waals surface area (Å²) in [5.74, 6) is 0.945. The molecule has 2 aromatic heterocycles. The van der Waals surface area contributed by atoms with Gasteiger partial charge < -0.3 is 5.32 Å². The first kappa shape index (κ1) is 10.1. The lowest BCUT2D eigenvalue weighted by Crippen LogP contribution is -2.35.